The highest BCUT2D eigenvalue weighted by molar-refractivity contribution is 8.10. The van der Waals surface area contributed by atoms with Gasteiger partial charge in [-0.25, -0.2) is 4.79 Å². The van der Waals surface area contributed by atoms with E-state index in [-0.39, 0.29) is 27.8 Å². The van der Waals surface area contributed by atoms with Gasteiger partial charge in [-0.15, -0.1) is 11.8 Å². The maximum Gasteiger partial charge on any atom is 0.335 e. The van der Waals surface area contributed by atoms with Crippen molar-refractivity contribution in [3.05, 3.63) is 130 Å². The molecular formula is C39H31NO4S. The first-order chi connectivity index (χ1) is 21.8. The third kappa shape index (κ3) is 3.88. The molecule has 4 aromatic rings. The number of anilines is 2. The van der Waals surface area contributed by atoms with Crippen LogP contribution in [0.2, 0.25) is 0 Å². The van der Waals surface area contributed by atoms with Crippen LogP contribution in [0.25, 0.3) is 16.0 Å². The molecule has 45 heavy (non-hydrogen) atoms. The number of hydrogen-bond acceptors (Lipinski definition) is 5. The van der Waals surface area contributed by atoms with Crippen molar-refractivity contribution in [2.45, 2.75) is 55.7 Å². The second-order valence-electron chi connectivity index (χ2n) is 13.2. The van der Waals surface area contributed by atoms with Crippen LogP contribution in [-0.2, 0) is 5.41 Å². The van der Waals surface area contributed by atoms with E-state index in [2.05, 4.69) is 85.5 Å². The smallest absolute Gasteiger partial charge is 0.335 e. The van der Waals surface area contributed by atoms with Crippen LogP contribution in [0, 0.1) is 0 Å². The van der Waals surface area contributed by atoms with E-state index in [1.54, 1.807) is 11.8 Å². The molecule has 3 aliphatic heterocycles. The molecule has 0 amide bonds. The number of benzene rings is 4. The summed E-state index contributed by atoms with van der Waals surface area (Å²) in [5.74, 6) is -0.145. The number of carbonyl (C=O) groups excluding carboxylic acids is 1. The Morgan fingerprint density at radius 3 is 2.62 bits per heavy atom. The van der Waals surface area contributed by atoms with Crippen molar-refractivity contribution >= 4 is 39.8 Å². The van der Waals surface area contributed by atoms with Crippen LogP contribution in [0.1, 0.15) is 82.0 Å². The summed E-state index contributed by atoms with van der Waals surface area (Å²) in [6, 6.07) is 27.8. The van der Waals surface area contributed by atoms with Gasteiger partial charge in [0.25, 0.3) is 0 Å². The molecule has 222 valence electrons. The highest BCUT2D eigenvalue weighted by atomic mass is 32.2. The van der Waals surface area contributed by atoms with Crippen LogP contribution in [0.5, 0.6) is 5.75 Å². The van der Waals surface area contributed by atoms with Crippen LogP contribution in [0.4, 0.5) is 11.4 Å². The van der Waals surface area contributed by atoms with E-state index in [0.29, 0.717) is 23.3 Å². The molecule has 2 aliphatic carbocycles. The van der Waals surface area contributed by atoms with Crippen molar-refractivity contribution in [3.63, 3.8) is 0 Å². The normalized spacial score (nSPS) is 23.9. The van der Waals surface area contributed by atoms with Gasteiger partial charge in [0.15, 0.2) is 5.76 Å². The van der Waals surface area contributed by atoms with Crippen molar-refractivity contribution in [3.8, 4) is 16.9 Å². The summed E-state index contributed by atoms with van der Waals surface area (Å²) in [7, 11) is 0. The quantitative estimate of drug-likeness (QED) is 0.233. The highest BCUT2D eigenvalue weighted by Crippen LogP contribution is 2.56. The number of carbonyl (C=O) groups is 2. The van der Waals surface area contributed by atoms with Crippen molar-refractivity contribution < 1.29 is 19.4 Å². The molecule has 4 aromatic carbocycles. The number of rotatable bonds is 4. The van der Waals surface area contributed by atoms with Gasteiger partial charge in [0.05, 0.1) is 16.4 Å². The van der Waals surface area contributed by atoms with Crippen LogP contribution >= 0.6 is 11.8 Å². The topological polar surface area (TPSA) is 66.8 Å². The summed E-state index contributed by atoms with van der Waals surface area (Å²) in [5.41, 5.74) is 11.3. The van der Waals surface area contributed by atoms with E-state index in [4.69, 9.17) is 4.74 Å². The van der Waals surface area contributed by atoms with Gasteiger partial charge in [0.1, 0.15) is 5.75 Å². The van der Waals surface area contributed by atoms with Gasteiger partial charge < -0.3 is 14.7 Å². The van der Waals surface area contributed by atoms with Crippen molar-refractivity contribution in [1.82, 2.24) is 0 Å². The Morgan fingerprint density at radius 1 is 0.956 bits per heavy atom. The third-order valence-electron chi connectivity index (χ3n) is 10.4. The maximum atomic E-state index is 12.9. The van der Waals surface area contributed by atoms with Crippen molar-refractivity contribution in [1.29, 1.82) is 0 Å². The van der Waals surface area contributed by atoms with E-state index >= 15 is 0 Å². The average Bonchev–Trinajstić information content (AvgIpc) is 3.75. The Morgan fingerprint density at radius 2 is 1.78 bits per heavy atom. The van der Waals surface area contributed by atoms with Gasteiger partial charge in [-0.3, -0.25) is 4.79 Å². The fraction of sp³-hybridized carbons (Fsp3) is 0.231. The zero-order chi connectivity index (χ0) is 30.6. The predicted molar refractivity (Wildman–Crippen MR) is 179 cm³/mol. The van der Waals surface area contributed by atoms with Gasteiger partial charge in [-0.2, -0.15) is 0 Å². The third-order valence-corrected chi connectivity index (χ3v) is 11.6. The molecule has 0 saturated heterocycles. The second kappa shape index (κ2) is 9.48. The number of carboxylic acids is 1. The van der Waals surface area contributed by atoms with E-state index in [9.17, 15) is 14.7 Å². The average molecular weight is 610 g/mol. The number of ether oxygens (including phenoxy) is 1. The molecule has 9 rings (SSSR count). The minimum absolute atomic E-state index is 0.00512. The molecule has 6 heteroatoms. The molecular weight excluding hydrogens is 578 g/mol. The van der Waals surface area contributed by atoms with Gasteiger partial charge >= 0.3 is 5.97 Å². The molecule has 3 unspecified atom stereocenters. The number of Topliss-reactive ketones (excluding diaryl/α,β-unsaturated/α-hetero) is 1. The summed E-state index contributed by atoms with van der Waals surface area (Å²) in [6.07, 6.45) is 7.68. The molecule has 5 aliphatic rings. The lowest BCUT2D eigenvalue weighted by molar-refractivity contribution is 0.0696. The fourth-order valence-corrected chi connectivity index (χ4v) is 9.18. The zero-order valence-corrected chi connectivity index (χ0v) is 25.9. The SMILES string of the molecule is CC1(C)c2ccccc2-c2cc(N3c4ccc(C5=CC(/C=C6/Oc7cc(C(=O)O)ccc7C6=O)S5)cc4C4CCCC43)ccc21. The second-order valence-corrected chi connectivity index (χ2v) is 14.5. The summed E-state index contributed by atoms with van der Waals surface area (Å²) in [4.78, 5) is 28.0. The summed E-state index contributed by atoms with van der Waals surface area (Å²) in [6.45, 7) is 4.67. The Labute approximate surface area is 266 Å². The molecule has 3 atom stereocenters. The Hall–Kier alpha value is -4.55. The monoisotopic (exact) mass is 609 g/mol. The molecule has 1 saturated carbocycles. The maximum absolute atomic E-state index is 12.9. The number of nitrogens with zero attached hydrogens (tertiary/aromatic N) is 1. The standard InChI is InChI=1S/C39H31NO4S/c1-39(2)30-8-4-3-6-25(30)28-18-23(12-14-31(28)39)40-32-9-5-7-26(32)29-16-21(11-15-33(29)40)36-20-24(45-36)19-35-37(41)27-13-10-22(38(42)43)17-34(27)44-35/h3-4,6,8,10-20,24,26,32H,5,7,9H2,1-2H3,(H,42,43)/b35-19+. The number of allylic oxidation sites excluding steroid dienone is 1. The molecule has 3 heterocycles. The first kappa shape index (κ1) is 26.8. The van der Waals surface area contributed by atoms with Gasteiger partial charge in [0, 0.05) is 33.7 Å². The first-order valence-electron chi connectivity index (χ1n) is 15.7. The van der Waals surface area contributed by atoms with Crippen LogP contribution in [0.3, 0.4) is 0 Å². The predicted octanol–water partition coefficient (Wildman–Crippen LogP) is 9.09. The number of fused-ring (bicyclic) bond motifs is 7. The zero-order valence-electron chi connectivity index (χ0n) is 25.0. The molecule has 0 bridgehead atoms. The van der Waals surface area contributed by atoms with Crippen LogP contribution in [-0.4, -0.2) is 28.2 Å². The lowest BCUT2D eigenvalue weighted by Crippen LogP contribution is -2.26. The van der Waals surface area contributed by atoms with Gasteiger partial charge in [-0.05, 0) is 94.8 Å². The van der Waals surface area contributed by atoms with Crippen molar-refractivity contribution in [2.24, 2.45) is 0 Å². The fourth-order valence-electron chi connectivity index (χ4n) is 8.23. The lowest BCUT2D eigenvalue weighted by atomic mass is 9.82. The van der Waals surface area contributed by atoms with Gasteiger partial charge in [0.2, 0.25) is 5.78 Å². The minimum Gasteiger partial charge on any atom is -0.478 e. The number of carboxylic acid groups (broad SMARTS) is 1. The molecule has 1 N–H and O–H groups in total. The number of thioether (sulfide) groups is 1. The summed E-state index contributed by atoms with van der Waals surface area (Å²) < 4.78 is 5.78. The lowest BCUT2D eigenvalue weighted by Gasteiger charge is -2.28. The Kier molecular flexibility index (Phi) is 5.65. The van der Waals surface area contributed by atoms with Crippen molar-refractivity contribution in [2.75, 3.05) is 4.90 Å². The summed E-state index contributed by atoms with van der Waals surface area (Å²) >= 11 is 1.72. The van der Waals surface area contributed by atoms with Crippen LogP contribution < -0.4 is 9.64 Å². The number of hydrogen-bond donors (Lipinski definition) is 1. The molecule has 1 fully saturated rings. The van der Waals surface area contributed by atoms with Gasteiger partial charge in [-0.1, -0.05) is 62.7 Å². The molecule has 0 radical (unpaired) electrons. The first-order valence-corrected chi connectivity index (χ1v) is 16.5. The number of ketones is 1. The van der Waals surface area contributed by atoms with Crippen LogP contribution in [0.15, 0.2) is 96.8 Å². The highest BCUT2D eigenvalue weighted by Gasteiger charge is 2.43. The Balaban J connectivity index is 1.00. The van der Waals surface area contributed by atoms with E-state index in [1.807, 2.05) is 6.08 Å². The minimum atomic E-state index is -1.04. The van der Waals surface area contributed by atoms with E-state index in [0.717, 1.165) is 0 Å². The number of aromatic carboxylic acids is 1. The molecule has 5 nitrogen and oxygen atoms in total. The Bertz CT molecular complexity index is 2060. The summed E-state index contributed by atoms with van der Waals surface area (Å²) in [5, 5.41) is 9.30. The molecule has 0 spiro atoms. The van der Waals surface area contributed by atoms with E-state index in [1.165, 1.54) is 87.1 Å². The largest absolute Gasteiger partial charge is 0.478 e. The van der Waals surface area contributed by atoms with E-state index < -0.39 is 5.97 Å². The molecule has 0 aromatic heterocycles.